The highest BCUT2D eigenvalue weighted by Gasteiger charge is 2.25. The molecule has 0 aliphatic heterocycles. The quantitative estimate of drug-likeness (QED) is 0.607. The highest BCUT2D eigenvalue weighted by molar-refractivity contribution is 5.95. The Kier molecular flexibility index (Phi) is 5.48. The van der Waals surface area contributed by atoms with Gasteiger partial charge in [-0.2, -0.15) is 4.98 Å². The zero-order valence-corrected chi connectivity index (χ0v) is 14.3. The van der Waals surface area contributed by atoms with Gasteiger partial charge in [0.1, 0.15) is 0 Å². The molecule has 0 saturated carbocycles. The normalized spacial score (nSPS) is 10.4. The number of rotatable bonds is 6. The fourth-order valence-electron chi connectivity index (χ4n) is 2.48. The van der Waals surface area contributed by atoms with Crippen LogP contribution in [0.1, 0.15) is 24.2 Å². The molecule has 2 aromatic rings. The molecule has 25 heavy (non-hydrogen) atoms. The molecule has 0 aliphatic rings. The number of nitro groups is 1. The number of hydrogen-bond acceptors (Lipinski definition) is 7. The first-order valence-electron chi connectivity index (χ1n) is 7.82. The molecule has 0 bridgehead atoms. The van der Waals surface area contributed by atoms with Crippen LogP contribution >= 0.6 is 0 Å². The van der Waals surface area contributed by atoms with Crippen LogP contribution in [0.3, 0.4) is 0 Å². The lowest BCUT2D eigenvalue weighted by molar-refractivity contribution is -0.383. The lowest BCUT2D eigenvalue weighted by atomic mass is 10.1. The van der Waals surface area contributed by atoms with Crippen LogP contribution in [0.5, 0.6) is 0 Å². The van der Waals surface area contributed by atoms with Gasteiger partial charge >= 0.3 is 5.69 Å². The van der Waals surface area contributed by atoms with Crippen molar-refractivity contribution in [2.75, 3.05) is 31.2 Å². The average molecular weight is 344 g/mol. The SMILES string of the molecule is CCN(CC)C(=O)c1ccc(-c2nc(N)nc(NC)c2[N+](=O)[O-])cc1. The number of amides is 1. The van der Waals surface area contributed by atoms with Crippen molar-refractivity contribution in [3.63, 3.8) is 0 Å². The molecule has 3 N–H and O–H groups in total. The summed E-state index contributed by atoms with van der Waals surface area (Å²) in [5, 5.41) is 14.1. The summed E-state index contributed by atoms with van der Waals surface area (Å²) in [5.74, 6) is -0.131. The third-order valence-electron chi connectivity index (χ3n) is 3.78. The first kappa shape index (κ1) is 18.1. The van der Waals surface area contributed by atoms with Crippen molar-refractivity contribution in [3.05, 3.63) is 39.9 Å². The number of nitrogens with one attached hydrogen (secondary N) is 1. The summed E-state index contributed by atoms with van der Waals surface area (Å²) < 4.78 is 0. The van der Waals surface area contributed by atoms with Crippen LogP contribution in [0.15, 0.2) is 24.3 Å². The molecule has 0 fully saturated rings. The molecule has 0 aliphatic carbocycles. The Hall–Kier alpha value is -3.23. The number of nitrogens with zero attached hydrogens (tertiary/aromatic N) is 4. The molecule has 1 aromatic heterocycles. The fraction of sp³-hybridized carbons (Fsp3) is 0.312. The van der Waals surface area contributed by atoms with Crippen molar-refractivity contribution in [1.29, 1.82) is 0 Å². The fourth-order valence-corrected chi connectivity index (χ4v) is 2.48. The van der Waals surface area contributed by atoms with Gasteiger partial charge in [0.25, 0.3) is 5.91 Å². The molecular formula is C16H20N6O3. The van der Waals surface area contributed by atoms with E-state index in [1.807, 2.05) is 13.8 Å². The Morgan fingerprint density at radius 3 is 2.32 bits per heavy atom. The highest BCUT2D eigenvalue weighted by atomic mass is 16.6. The second kappa shape index (κ2) is 7.56. The van der Waals surface area contributed by atoms with Crippen molar-refractivity contribution in [2.45, 2.75) is 13.8 Å². The largest absolute Gasteiger partial charge is 0.368 e. The molecule has 9 heteroatoms. The molecule has 9 nitrogen and oxygen atoms in total. The third-order valence-corrected chi connectivity index (χ3v) is 3.78. The summed E-state index contributed by atoms with van der Waals surface area (Å²) in [5.41, 5.74) is 6.47. The van der Waals surface area contributed by atoms with E-state index in [1.165, 1.54) is 7.05 Å². The van der Waals surface area contributed by atoms with Crippen molar-refractivity contribution < 1.29 is 9.72 Å². The maximum Gasteiger partial charge on any atom is 0.337 e. The van der Waals surface area contributed by atoms with Crippen molar-refractivity contribution in [2.24, 2.45) is 0 Å². The summed E-state index contributed by atoms with van der Waals surface area (Å²) in [4.78, 5) is 32.7. The highest BCUT2D eigenvalue weighted by Crippen LogP contribution is 2.34. The number of anilines is 2. The summed E-state index contributed by atoms with van der Waals surface area (Å²) in [7, 11) is 1.52. The maximum absolute atomic E-state index is 12.3. The van der Waals surface area contributed by atoms with E-state index >= 15 is 0 Å². The lowest BCUT2D eigenvalue weighted by Crippen LogP contribution is -2.30. The number of carbonyl (C=O) groups is 1. The Morgan fingerprint density at radius 2 is 1.84 bits per heavy atom. The summed E-state index contributed by atoms with van der Waals surface area (Å²) in [6.45, 7) is 5.03. The second-order valence-corrected chi connectivity index (χ2v) is 5.19. The first-order chi connectivity index (χ1) is 11.9. The standard InChI is InChI=1S/C16H20N6O3/c1-4-21(5-2)15(23)11-8-6-10(7-9-11)12-13(22(24)25)14(18-3)20-16(17)19-12/h6-9H,4-5H2,1-3H3,(H3,17,18,19,20). The average Bonchev–Trinajstić information content (AvgIpc) is 2.61. The van der Waals surface area contributed by atoms with Crippen LogP contribution in [-0.2, 0) is 0 Å². The predicted molar refractivity (Wildman–Crippen MR) is 95.3 cm³/mol. The Labute approximate surface area is 145 Å². The Morgan fingerprint density at radius 1 is 1.24 bits per heavy atom. The topological polar surface area (TPSA) is 127 Å². The molecule has 2 rings (SSSR count). The predicted octanol–water partition coefficient (Wildman–Crippen LogP) is 2.16. The van der Waals surface area contributed by atoms with E-state index in [0.29, 0.717) is 24.2 Å². The number of aromatic nitrogens is 2. The summed E-state index contributed by atoms with van der Waals surface area (Å²) >= 11 is 0. The molecule has 1 heterocycles. The van der Waals surface area contributed by atoms with E-state index in [2.05, 4.69) is 15.3 Å². The molecule has 0 saturated heterocycles. The van der Waals surface area contributed by atoms with Gasteiger partial charge in [-0.25, -0.2) is 4.98 Å². The van der Waals surface area contributed by atoms with Crippen LogP contribution in [0, 0.1) is 10.1 Å². The molecule has 0 radical (unpaired) electrons. The van der Waals surface area contributed by atoms with Gasteiger partial charge in [0.2, 0.25) is 11.8 Å². The van der Waals surface area contributed by atoms with Crippen molar-refractivity contribution >= 4 is 23.4 Å². The second-order valence-electron chi connectivity index (χ2n) is 5.19. The van der Waals surface area contributed by atoms with Crippen LogP contribution < -0.4 is 11.1 Å². The lowest BCUT2D eigenvalue weighted by Gasteiger charge is -2.18. The molecule has 1 amide bonds. The molecule has 1 aromatic carbocycles. The minimum atomic E-state index is -0.560. The minimum Gasteiger partial charge on any atom is -0.368 e. The zero-order valence-electron chi connectivity index (χ0n) is 14.3. The monoisotopic (exact) mass is 344 g/mol. The van der Waals surface area contributed by atoms with Gasteiger partial charge in [-0.05, 0) is 26.0 Å². The van der Waals surface area contributed by atoms with E-state index < -0.39 is 4.92 Å². The number of benzene rings is 1. The summed E-state index contributed by atoms with van der Waals surface area (Å²) in [6, 6.07) is 6.48. The molecule has 0 unspecified atom stereocenters. The van der Waals surface area contributed by atoms with E-state index in [1.54, 1.807) is 29.2 Å². The maximum atomic E-state index is 12.3. The number of nitrogen functional groups attached to an aromatic ring is 1. The smallest absolute Gasteiger partial charge is 0.337 e. The summed E-state index contributed by atoms with van der Waals surface area (Å²) in [6.07, 6.45) is 0. The van der Waals surface area contributed by atoms with Crippen molar-refractivity contribution in [3.8, 4) is 11.3 Å². The van der Waals surface area contributed by atoms with E-state index in [0.717, 1.165) is 0 Å². The molecular weight excluding hydrogens is 324 g/mol. The van der Waals surface area contributed by atoms with Gasteiger partial charge < -0.3 is 16.0 Å². The number of carbonyl (C=O) groups excluding carboxylic acids is 1. The van der Waals surface area contributed by atoms with Crippen LogP contribution in [-0.4, -0.2) is 45.8 Å². The van der Waals surface area contributed by atoms with Gasteiger partial charge in [0, 0.05) is 31.3 Å². The Bertz CT molecular complexity index is 787. The van der Waals surface area contributed by atoms with E-state index in [-0.39, 0.29) is 29.1 Å². The molecule has 0 atom stereocenters. The third kappa shape index (κ3) is 3.65. The van der Waals surface area contributed by atoms with Crippen molar-refractivity contribution in [1.82, 2.24) is 14.9 Å². The molecule has 132 valence electrons. The van der Waals surface area contributed by atoms with Crippen LogP contribution in [0.25, 0.3) is 11.3 Å². The van der Waals surface area contributed by atoms with Crippen LogP contribution in [0.2, 0.25) is 0 Å². The van der Waals surface area contributed by atoms with Gasteiger partial charge in [0.05, 0.1) is 4.92 Å². The Balaban J connectivity index is 2.48. The van der Waals surface area contributed by atoms with Crippen LogP contribution in [0.4, 0.5) is 17.5 Å². The number of nitrogens with two attached hydrogens (primary N) is 1. The minimum absolute atomic E-state index is 0.0378. The van der Waals surface area contributed by atoms with Gasteiger partial charge in [0.15, 0.2) is 5.69 Å². The molecule has 0 spiro atoms. The van der Waals surface area contributed by atoms with Gasteiger partial charge in [-0.3, -0.25) is 14.9 Å². The van der Waals surface area contributed by atoms with E-state index in [9.17, 15) is 14.9 Å². The zero-order chi connectivity index (χ0) is 18.6. The van der Waals surface area contributed by atoms with Gasteiger partial charge in [-0.1, -0.05) is 12.1 Å². The number of hydrogen-bond donors (Lipinski definition) is 2. The first-order valence-corrected chi connectivity index (χ1v) is 7.82. The van der Waals surface area contributed by atoms with Gasteiger partial charge in [-0.15, -0.1) is 0 Å². The van der Waals surface area contributed by atoms with E-state index in [4.69, 9.17) is 5.73 Å².